The van der Waals surface area contributed by atoms with Gasteiger partial charge in [-0.05, 0) is 62.1 Å². The topological polar surface area (TPSA) is 81.9 Å². The van der Waals surface area contributed by atoms with Crippen LogP contribution in [0.2, 0.25) is 5.02 Å². The Labute approximate surface area is 228 Å². The highest BCUT2D eigenvalue weighted by Gasteiger charge is 2.18. The third-order valence-corrected chi connectivity index (χ3v) is 7.95. The molecule has 0 unspecified atom stereocenters. The van der Waals surface area contributed by atoms with Crippen LogP contribution in [0.25, 0.3) is 22.6 Å². The molecule has 2 heterocycles. The van der Waals surface area contributed by atoms with E-state index in [-0.39, 0.29) is 11.7 Å². The van der Waals surface area contributed by atoms with Crippen LogP contribution in [0.1, 0.15) is 25.7 Å². The molecule has 0 spiro atoms. The number of rotatable bonds is 10. The van der Waals surface area contributed by atoms with Gasteiger partial charge in [-0.2, -0.15) is 0 Å². The molecule has 0 saturated heterocycles. The molecule has 1 aliphatic carbocycles. The molecule has 0 aliphatic heterocycles. The molecule has 1 N–H and O–H groups in total. The Bertz CT molecular complexity index is 1360. The van der Waals surface area contributed by atoms with Crippen LogP contribution < -0.4 is 10.1 Å². The Morgan fingerprint density at radius 1 is 1.14 bits per heavy atom. The minimum absolute atomic E-state index is 0.162. The molecule has 1 saturated carbocycles. The number of benzene rings is 2. The number of ether oxygens (including phenoxy) is 1. The van der Waals surface area contributed by atoms with Crippen LogP contribution in [-0.4, -0.2) is 37.5 Å². The number of nitrogens with one attached hydrogen (secondary N) is 1. The van der Waals surface area contributed by atoms with E-state index in [1.54, 1.807) is 6.08 Å². The molecule has 10 heteroatoms. The lowest BCUT2D eigenvalue weighted by molar-refractivity contribution is -0.113. The molecule has 0 radical (unpaired) electrons. The van der Waals surface area contributed by atoms with Crippen molar-refractivity contribution < 1.29 is 9.53 Å². The van der Waals surface area contributed by atoms with Crippen LogP contribution in [0, 0.1) is 0 Å². The van der Waals surface area contributed by atoms with Gasteiger partial charge in [-0.1, -0.05) is 41.6 Å². The van der Waals surface area contributed by atoms with Crippen molar-refractivity contribution in [1.29, 1.82) is 0 Å². The van der Waals surface area contributed by atoms with Gasteiger partial charge < -0.3 is 10.1 Å². The fourth-order valence-electron chi connectivity index (χ4n) is 4.15. The van der Waals surface area contributed by atoms with E-state index in [4.69, 9.17) is 16.3 Å². The lowest BCUT2D eigenvalue weighted by Crippen LogP contribution is -2.14. The molecule has 0 bridgehead atoms. The number of allylic oxidation sites excluding steroid dienone is 1. The monoisotopic (exact) mass is 551 g/mol. The summed E-state index contributed by atoms with van der Waals surface area (Å²) in [6.07, 6.45) is 6.83. The number of hydrogen-bond acceptors (Lipinski definition) is 7. The maximum absolute atomic E-state index is 12.6. The van der Waals surface area contributed by atoms with Crippen LogP contribution in [0.3, 0.4) is 0 Å². The largest absolute Gasteiger partial charge is 0.490 e. The summed E-state index contributed by atoms with van der Waals surface area (Å²) in [7, 11) is 0. The fourth-order valence-corrected chi connectivity index (χ4v) is 5.76. The number of halogens is 1. The van der Waals surface area contributed by atoms with Gasteiger partial charge in [-0.15, -0.1) is 28.1 Å². The molecule has 190 valence electrons. The number of carbonyl (C=O) groups excluding carboxylic acids is 1. The van der Waals surface area contributed by atoms with Gasteiger partial charge in [0.05, 0.1) is 17.6 Å². The molecule has 5 rings (SSSR count). The summed E-state index contributed by atoms with van der Waals surface area (Å²) >= 11 is 8.67. The first-order valence-electron chi connectivity index (χ1n) is 12.0. The van der Waals surface area contributed by atoms with Crippen molar-refractivity contribution in [3.8, 4) is 28.4 Å². The fraction of sp³-hybridized carbons (Fsp3) is 0.259. The van der Waals surface area contributed by atoms with E-state index in [9.17, 15) is 4.79 Å². The second kappa shape index (κ2) is 11.9. The van der Waals surface area contributed by atoms with Crippen molar-refractivity contribution in [3.63, 3.8) is 0 Å². The zero-order valence-electron chi connectivity index (χ0n) is 20.1. The standard InChI is InChI=1S/C27H26ClN5O2S2/c1-2-15-33-25(19-9-13-22(14-10-19)35-21-5-3-4-6-21)31-32-27(33)37-17-24(34)30-26-29-23(16-36-26)18-7-11-20(28)12-8-18/h2,7-14,16,21H,1,3-6,15,17H2,(H,29,30,34). The highest BCUT2D eigenvalue weighted by molar-refractivity contribution is 7.99. The molecule has 2 aromatic carbocycles. The van der Waals surface area contributed by atoms with E-state index >= 15 is 0 Å². The average Bonchev–Trinajstić information content (AvgIpc) is 3.66. The van der Waals surface area contributed by atoms with Gasteiger partial charge in [0.15, 0.2) is 16.1 Å². The SMILES string of the molecule is C=CCn1c(SCC(=O)Nc2nc(-c3ccc(Cl)cc3)cs2)nnc1-c1ccc(OC2CCCC2)cc1. The van der Waals surface area contributed by atoms with Crippen molar-refractivity contribution >= 4 is 45.7 Å². The first-order chi connectivity index (χ1) is 18.1. The molecular formula is C27H26ClN5O2S2. The summed E-state index contributed by atoms with van der Waals surface area (Å²) in [5, 5.41) is 15.4. The number of thioether (sulfide) groups is 1. The van der Waals surface area contributed by atoms with Gasteiger partial charge in [0.1, 0.15) is 5.75 Å². The molecule has 4 aromatic rings. The second-order valence-electron chi connectivity index (χ2n) is 8.64. The summed E-state index contributed by atoms with van der Waals surface area (Å²) < 4.78 is 8.04. The van der Waals surface area contributed by atoms with Crippen LogP contribution in [-0.2, 0) is 11.3 Å². The number of carbonyl (C=O) groups is 1. The van der Waals surface area contributed by atoms with E-state index in [2.05, 4.69) is 27.1 Å². The van der Waals surface area contributed by atoms with E-state index in [0.717, 1.165) is 41.2 Å². The first-order valence-corrected chi connectivity index (χ1v) is 14.3. The van der Waals surface area contributed by atoms with Crippen LogP contribution >= 0.6 is 34.7 Å². The zero-order chi connectivity index (χ0) is 25.6. The van der Waals surface area contributed by atoms with E-state index in [1.807, 2.05) is 58.5 Å². The van der Waals surface area contributed by atoms with Crippen molar-refractivity contribution in [2.24, 2.45) is 0 Å². The number of aromatic nitrogens is 4. The van der Waals surface area contributed by atoms with E-state index in [1.165, 1.54) is 35.9 Å². The summed E-state index contributed by atoms with van der Waals surface area (Å²) in [5.74, 6) is 1.62. The number of nitrogens with zero attached hydrogens (tertiary/aromatic N) is 4. The highest BCUT2D eigenvalue weighted by Crippen LogP contribution is 2.29. The van der Waals surface area contributed by atoms with Gasteiger partial charge in [0.2, 0.25) is 5.91 Å². The Balaban J connectivity index is 1.21. The summed E-state index contributed by atoms with van der Waals surface area (Å²) in [5.41, 5.74) is 2.67. The molecule has 1 amide bonds. The Hall–Kier alpha value is -3.14. The summed E-state index contributed by atoms with van der Waals surface area (Å²) in [6, 6.07) is 15.4. The minimum atomic E-state index is -0.162. The van der Waals surface area contributed by atoms with Gasteiger partial charge >= 0.3 is 0 Å². The summed E-state index contributed by atoms with van der Waals surface area (Å²) in [6.45, 7) is 4.40. The lowest BCUT2D eigenvalue weighted by atomic mass is 10.2. The van der Waals surface area contributed by atoms with Gasteiger partial charge in [-0.3, -0.25) is 9.36 Å². The van der Waals surface area contributed by atoms with Gasteiger partial charge in [-0.25, -0.2) is 4.98 Å². The first kappa shape index (κ1) is 25.5. The lowest BCUT2D eigenvalue weighted by Gasteiger charge is -2.13. The second-order valence-corrected chi connectivity index (χ2v) is 10.9. The molecule has 0 atom stereocenters. The maximum atomic E-state index is 12.6. The van der Waals surface area contributed by atoms with Gasteiger partial charge in [0.25, 0.3) is 0 Å². The smallest absolute Gasteiger partial charge is 0.236 e. The Morgan fingerprint density at radius 2 is 1.86 bits per heavy atom. The predicted molar refractivity (Wildman–Crippen MR) is 150 cm³/mol. The van der Waals surface area contributed by atoms with Crippen molar-refractivity contribution in [2.45, 2.75) is 43.5 Å². The Kier molecular flexibility index (Phi) is 8.23. The molecule has 1 aliphatic rings. The number of anilines is 1. The van der Waals surface area contributed by atoms with Crippen molar-refractivity contribution in [1.82, 2.24) is 19.7 Å². The van der Waals surface area contributed by atoms with Gasteiger partial charge in [0, 0.05) is 28.1 Å². The number of thiazole rings is 1. The number of hydrogen-bond donors (Lipinski definition) is 1. The third-order valence-electron chi connectivity index (χ3n) is 5.97. The van der Waals surface area contributed by atoms with E-state index in [0.29, 0.717) is 28.0 Å². The molecule has 1 fully saturated rings. The van der Waals surface area contributed by atoms with Crippen molar-refractivity contribution in [2.75, 3.05) is 11.1 Å². The predicted octanol–water partition coefficient (Wildman–Crippen LogP) is 6.96. The van der Waals surface area contributed by atoms with Crippen LogP contribution in [0.5, 0.6) is 5.75 Å². The minimum Gasteiger partial charge on any atom is -0.490 e. The maximum Gasteiger partial charge on any atom is 0.236 e. The molecule has 37 heavy (non-hydrogen) atoms. The van der Waals surface area contributed by atoms with Crippen molar-refractivity contribution in [3.05, 3.63) is 71.6 Å². The molecule has 7 nitrogen and oxygen atoms in total. The zero-order valence-corrected chi connectivity index (χ0v) is 22.5. The average molecular weight is 552 g/mol. The normalized spacial score (nSPS) is 13.5. The Morgan fingerprint density at radius 3 is 2.59 bits per heavy atom. The number of amides is 1. The summed E-state index contributed by atoms with van der Waals surface area (Å²) in [4.78, 5) is 17.1. The molecular weight excluding hydrogens is 526 g/mol. The van der Waals surface area contributed by atoms with E-state index < -0.39 is 0 Å². The highest BCUT2D eigenvalue weighted by atomic mass is 35.5. The quantitative estimate of drug-likeness (QED) is 0.169. The van der Waals surface area contributed by atoms with Crippen LogP contribution in [0.4, 0.5) is 5.13 Å². The molecule has 2 aromatic heterocycles. The van der Waals surface area contributed by atoms with Crippen LogP contribution in [0.15, 0.2) is 71.7 Å². The third kappa shape index (κ3) is 6.41.